The predicted molar refractivity (Wildman–Crippen MR) is 112 cm³/mol. The minimum atomic E-state index is -0.364. The third kappa shape index (κ3) is 5.55. The molecule has 0 fully saturated rings. The number of para-hydroxylation sites is 1. The van der Waals surface area contributed by atoms with E-state index < -0.39 is 0 Å². The maximum atomic E-state index is 12.2. The number of aryl methyl sites for hydroxylation is 1. The summed E-state index contributed by atoms with van der Waals surface area (Å²) < 4.78 is 5.13. The normalized spacial score (nSPS) is 13.6. The molecule has 0 saturated heterocycles. The summed E-state index contributed by atoms with van der Waals surface area (Å²) in [5, 5.41) is 6.55. The highest BCUT2D eigenvalue weighted by Gasteiger charge is 2.13. The fourth-order valence-electron chi connectivity index (χ4n) is 3.30. The van der Waals surface area contributed by atoms with Crippen LogP contribution in [0.2, 0.25) is 0 Å². The topological polar surface area (TPSA) is 76.1 Å². The van der Waals surface area contributed by atoms with Crippen LogP contribution in [0.5, 0.6) is 0 Å². The van der Waals surface area contributed by atoms with Gasteiger partial charge in [-0.1, -0.05) is 23.8 Å². The third-order valence-corrected chi connectivity index (χ3v) is 4.66. The number of benzene rings is 1. The Kier molecular flexibility index (Phi) is 7.00. The van der Waals surface area contributed by atoms with Crippen molar-refractivity contribution in [2.24, 2.45) is 0 Å². The van der Waals surface area contributed by atoms with Crippen LogP contribution < -0.4 is 10.6 Å². The van der Waals surface area contributed by atoms with Crippen LogP contribution in [0.25, 0.3) is 0 Å². The van der Waals surface area contributed by atoms with Crippen LogP contribution in [0.4, 0.5) is 17.5 Å². The van der Waals surface area contributed by atoms with Crippen LogP contribution >= 0.6 is 0 Å². The Hall–Kier alpha value is -2.89. The molecule has 0 atom stereocenters. The van der Waals surface area contributed by atoms with Gasteiger partial charge in [0.1, 0.15) is 5.82 Å². The van der Waals surface area contributed by atoms with Crippen molar-refractivity contribution >= 4 is 23.4 Å². The van der Waals surface area contributed by atoms with Crippen molar-refractivity contribution in [1.29, 1.82) is 0 Å². The van der Waals surface area contributed by atoms with Gasteiger partial charge in [0.2, 0.25) is 5.95 Å². The van der Waals surface area contributed by atoms with Gasteiger partial charge in [0.15, 0.2) is 0 Å². The summed E-state index contributed by atoms with van der Waals surface area (Å²) in [4.78, 5) is 21.2. The van der Waals surface area contributed by atoms with Crippen LogP contribution in [0.1, 0.15) is 55.1 Å². The van der Waals surface area contributed by atoms with Gasteiger partial charge in [-0.2, -0.15) is 4.98 Å². The van der Waals surface area contributed by atoms with Crippen molar-refractivity contribution in [1.82, 2.24) is 9.97 Å². The highest BCUT2D eigenvalue weighted by Crippen LogP contribution is 2.22. The maximum Gasteiger partial charge on any atom is 0.340 e. The molecule has 1 aliphatic carbocycles. The van der Waals surface area contributed by atoms with Crippen molar-refractivity contribution < 1.29 is 9.53 Å². The van der Waals surface area contributed by atoms with Crippen molar-refractivity contribution in [2.45, 2.75) is 46.0 Å². The Morgan fingerprint density at radius 1 is 1.21 bits per heavy atom. The first-order valence-corrected chi connectivity index (χ1v) is 9.96. The molecule has 0 unspecified atom stereocenters. The van der Waals surface area contributed by atoms with Gasteiger partial charge in [-0.05, 0) is 58.1 Å². The SMILES string of the molecule is CCOC(=O)c1ccccc1Nc1nc(C)cc(NCCC2=CCCCC2)n1. The highest BCUT2D eigenvalue weighted by molar-refractivity contribution is 5.96. The Morgan fingerprint density at radius 2 is 2.07 bits per heavy atom. The number of hydrogen-bond acceptors (Lipinski definition) is 6. The number of nitrogens with one attached hydrogen (secondary N) is 2. The fraction of sp³-hybridized carbons (Fsp3) is 0.409. The molecule has 0 saturated carbocycles. The molecule has 148 valence electrons. The summed E-state index contributed by atoms with van der Waals surface area (Å²) >= 11 is 0. The molecule has 2 aromatic rings. The van der Waals surface area contributed by atoms with Gasteiger partial charge < -0.3 is 15.4 Å². The number of carbonyl (C=O) groups is 1. The Labute approximate surface area is 166 Å². The second-order valence-electron chi connectivity index (χ2n) is 6.89. The van der Waals surface area contributed by atoms with E-state index >= 15 is 0 Å². The number of allylic oxidation sites excluding steroid dienone is 1. The zero-order valence-electron chi connectivity index (χ0n) is 16.6. The number of esters is 1. The van der Waals surface area contributed by atoms with E-state index in [1.165, 1.54) is 31.3 Å². The van der Waals surface area contributed by atoms with Gasteiger partial charge in [0.05, 0.1) is 17.9 Å². The molecule has 6 nitrogen and oxygen atoms in total. The predicted octanol–water partition coefficient (Wildman–Crippen LogP) is 5.01. The van der Waals surface area contributed by atoms with E-state index in [2.05, 4.69) is 26.7 Å². The van der Waals surface area contributed by atoms with E-state index in [0.29, 0.717) is 23.8 Å². The quantitative estimate of drug-likeness (QED) is 0.495. The van der Waals surface area contributed by atoms with Crippen molar-refractivity contribution in [3.05, 3.63) is 53.2 Å². The second-order valence-corrected chi connectivity index (χ2v) is 6.89. The lowest BCUT2D eigenvalue weighted by Gasteiger charge is -2.14. The van der Waals surface area contributed by atoms with Gasteiger partial charge in [-0.25, -0.2) is 9.78 Å². The van der Waals surface area contributed by atoms with Crippen LogP contribution in [0.3, 0.4) is 0 Å². The lowest BCUT2D eigenvalue weighted by atomic mass is 9.97. The molecular formula is C22H28N4O2. The lowest BCUT2D eigenvalue weighted by molar-refractivity contribution is 0.0527. The van der Waals surface area contributed by atoms with Gasteiger partial charge >= 0.3 is 5.97 Å². The lowest BCUT2D eigenvalue weighted by Crippen LogP contribution is -2.10. The van der Waals surface area contributed by atoms with Crippen molar-refractivity contribution in [3.63, 3.8) is 0 Å². The standard InChI is InChI=1S/C22H28N4O2/c1-3-28-21(27)18-11-7-8-12-19(18)25-22-24-16(2)15-20(26-22)23-14-13-17-9-5-4-6-10-17/h7-9,11-12,15H,3-6,10,13-14H2,1-2H3,(H2,23,24,25,26). The molecule has 2 N–H and O–H groups in total. The summed E-state index contributed by atoms with van der Waals surface area (Å²) in [5.41, 5.74) is 3.48. The molecule has 1 aromatic heterocycles. The van der Waals surface area contributed by atoms with Gasteiger partial charge in [0, 0.05) is 18.3 Å². The van der Waals surface area contributed by atoms with E-state index in [9.17, 15) is 4.79 Å². The molecule has 0 radical (unpaired) electrons. The summed E-state index contributed by atoms with van der Waals surface area (Å²) in [6, 6.07) is 9.14. The first kappa shape index (κ1) is 19.9. The van der Waals surface area contributed by atoms with Crippen LogP contribution in [-0.4, -0.2) is 29.1 Å². The molecule has 1 aliphatic rings. The van der Waals surface area contributed by atoms with Crippen molar-refractivity contribution in [3.8, 4) is 0 Å². The zero-order valence-corrected chi connectivity index (χ0v) is 16.6. The van der Waals surface area contributed by atoms with Crippen LogP contribution in [0, 0.1) is 6.92 Å². The summed E-state index contributed by atoms with van der Waals surface area (Å²) in [5.74, 6) is 0.869. The van der Waals surface area contributed by atoms with E-state index in [4.69, 9.17) is 4.74 Å². The van der Waals surface area contributed by atoms with Gasteiger partial charge in [-0.15, -0.1) is 0 Å². The number of nitrogens with zero attached hydrogens (tertiary/aromatic N) is 2. The maximum absolute atomic E-state index is 12.2. The summed E-state index contributed by atoms with van der Waals surface area (Å²) in [6.45, 7) is 4.90. The van der Waals surface area contributed by atoms with Crippen LogP contribution in [-0.2, 0) is 4.74 Å². The van der Waals surface area contributed by atoms with Crippen molar-refractivity contribution in [2.75, 3.05) is 23.8 Å². The Balaban J connectivity index is 1.68. The molecular weight excluding hydrogens is 352 g/mol. The molecule has 0 amide bonds. The summed E-state index contributed by atoms with van der Waals surface area (Å²) in [6.07, 6.45) is 8.43. The van der Waals surface area contributed by atoms with E-state index in [0.717, 1.165) is 24.5 Å². The average molecular weight is 380 g/mol. The first-order valence-electron chi connectivity index (χ1n) is 9.96. The van der Waals surface area contributed by atoms with Crippen LogP contribution in [0.15, 0.2) is 42.0 Å². The van der Waals surface area contributed by atoms with E-state index in [-0.39, 0.29) is 5.97 Å². The molecule has 3 rings (SSSR count). The number of hydrogen-bond donors (Lipinski definition) is 2. The third-order valence-electron chi connectivity index (χ3n) is 4.66. The second kappa shape index (κ2) is 9.88. The fourth-order valence-corrected chi connectivity index (χ4v) is 3.30. The number of rotatable bonds is 8. The number of ether oxygens (including phenoxy) is 1. The largest absolute Gasteiger partial charge is 0.462 e. The van der Waals surface area contributed by atoms with E-state index in [1.54, 1.807) is 13.0 Å². The molecule has 0 aliphatic heterocycles. The molecule has 0 bridgehead atoms. The monoisotopic (exact) mass is 380 g/mol. The molecule has 1 heterocycles. The minimum Gasteiger partial charge on any atom is -0.462 e. The summed E-state index contributed by atoms with van der Waals surface area (Å²) in [7, 11) is 0. The first-order chi connectivity index (χ1) is 13.7. The zero-order chi connectivity index (χ0) is 19.8. The average Bonchev–Trinajstić information content (AvgIpc) is 2.69. The number of aromatic nitrogens is 2. The molecule has 6 heteroatoms. The Bertz CT molecular complexity index is 848. The van der Waals surface area contributed by atoms with Gasteiger partial charge in [0.25, 0.3) is 0 Å². The minimum absolute atomic E-state index is 0.332. The number of anilines is 3. The Morgan fingerprint density at radius 3 is 2.86 bits per heavy atom. The van der Waals surface area contributed by atoms with E-state index in [1.807, 2.05) is 31.2 Å². The van der Waals surface area contributed by atoms with Gasteiger partial charge in [-0.3, -0.25) is 0 Å². The molecule has 0 spiro atoms. The molecule has 28 heavy (non-hydrogen) atoms. The highest BCUT2D eigenvalue weighted by atomic mass is 16.5. The molecule has 1 aromatic carbocycles. The smallest absolute Gasteiger partial charge is 0.340 e. The number of carbonyl (C=O) groups excluding carboxylic acids is 1.